The van der Waals surface area contributed by atoms with Gasteiger partial charge in [0.05, 0.1) is 0 Å². The van der Waals surface area contributed by atoms with Crippen LogP contribution in [0.15, 0.2) is 24.3 Å². The van der Waals surface area contributed by atoms with Crippen LogP contribution in [-0.2, 0) is 5.54 Å². The van der Waals surface area contributed by atoms with E-state index in [0.29, 0.717) is 6.10 Å². The molecule has 2 fully saturated rings. The molecule has 2 N–H and O–H groups in total. The summed E-state index contributed by atoms with van der Waals surface area (Å²) in [4.78, 5) is 2.37. The Morgan fingerprint density at radius 3 is 2.29 bits per heavy atom. The third kappa shape index (κ3) is 3.58. The molecule has 0 bridgehead atoms. The van der Waals surface area contributed by atoms with Crippen molar-refractivity contribution >= 4 is 0 Å². The zero-order valence-electron chi connectivity index (χ0n) is 13.2. The van der Waals surface area contributed by atoms with Crippen molar-refractivity contribution in [2.24, 2.45) is 5.73 Å². The van der Waals surface area contributed by atoms with E-state index in [1.807, 2.05) is 0 Å². The molecule has 1 saturated heterocycles. The fourth-order valence-electron chi connectivity index (χ4n) is 3.63. The summed E-state index contributed by atoms with van der Waals surface area (Å²) in [6, 6.07) is 8.57. The summed E-state index contributed by atoms with van der Waals surface area (Å²) in [5.74, 6) is 0.993. The molecule has 0 spiro atoms. The molecule has 1 heterocycles. The van der Waals surface area contributed by atoms with Gasteiger partial charge in [-0.2, -0.15) is 0 Å². The van der Waals surface area contributed by atoms with Crippen molar-refractivity contribution in [2.45, 2.75) is 56.6 Å². The van der Waals surface area contributed by atoms with Gasteiger partial charge in [0.2, 0.25) is 0 Å². The number of likely N-dealkylation sites (tertiary alicyclic amines) is 1. The van der Waals surface area contributed by atoms with E-state index >= 15 is 0 Å². The first-order chi connectivity index (χ1) is 10.2. The summed E-state index contributed by atoms with van der Waals surface area (Å²) in [5, 5.41) is 0. The van der Waals surface area contributed by atoms with Crippen molar-refractivity contribution in [3.05, 3.63) is 29.8 Å². The molecule has 1 aromatic rings. The summed E-state index contributed by atoms with van der Waals surface area (Å²) >= 11 is 0. The fourth-order valence-corrected chi connectivity index (χ4v) is 3.63. The predicted molar refractivity (Wildman–Crippen MR) is 86.5 cm³/mol. The van der Waals surface area contributed by atoms with Gasteiger partial charge in [0, 0.05) is 18.6 Å². The number of hydrogen-bond donors (Lipinski definition) is 1. The van der Waals surface area contributed by atoms with Crippen molar-refractivity contribution in [1.29, 1.82) is 0 Å². The number of piperidine rings is 1. The van der Waals surface area contributed by atoms with Gasteiger partial charge in [0.25, 0.3) is 0 Å². The van der Waals surface area contributed by atoms with E-state index in [1.165, 1.54) is 24.8 Å². The van der Waals surface area contributed by atoms with Crippen molar-refractivity contribution in [3.63, 3.8) is 0 Å². The molecule has 3 heteroatoms. The highest BCUT2D eigenvalue weighted by Crippen LogP contribution is 2.35. The molecule has 0 aromatic heterocycles. The van der Waals surface area contributed by atoms with Gasteiger partial charge in [-0.05, 0) is 50.4 Å². The van der Waals surface area contributed by atoms with Crippen LogP contribution in [0.1, 0.15) is 50.5 Å². The maximum atomic E-state index is 6.58. The predicted octanol–water partition coefficient (Wildman–Crippen LogP) is 3.28. The lowest BCUT2D eigenvalue weighted by atomic mass is 9.77. The SMILES string of the molecule is CN1CCC(Oc2ccc(C3(N)CCCCC3)cc2)CC1. The summed E-state index contributed by atoms with van der Waals surface area (Å²) < 4.78 is 6.11. The Balaban J connectivity index is 1.61. The van der Waals surface area contributed by atoms with Crippen LogP contribution in [0.3, 0.4) is 0 Å². The molecule has 3 rings (SSSR count). The monoisotopic (exact) mass is 288 g/mol. The first-order valence-corrected chi connectivity index (χ1v) is 8.40. The van der Waals surface area contributed by atoms with Gasteiger partial charge in [-0.1, -0.05) is 31.4 Å². The van der Waals surface area contributed by atoms with E-state index in [9.17, 15) is 0 Å². The van der Waals surface area contributed by atoms with Crippen LogP contribution < -0.4 is 10.5 Å². The average molecular weight is 288 g/mol. The molecule has 0 unspecified atom stereocenters. The van der Waals surface area contributed by atoms with E-state index in [4.69, 9.17) is 10.5 Å². The molecule has 1 saturated carbocycles. The van der Waals surface area contributed by atoms with Crippen molar-refractivity contribution < 1.29 is 4.74 Å². The van der Waals surface area contributed by atoms with Gasteiger partial charge in [0.15, 0.2) is 0 Å². The van der Waals surface area contributed by atoms with Gasteiger partial charge in [-0.25, -0.2) is 0 Å². The summed E-state index contributed by atoms with van der Waals surface area (Å²) in [6.45, 7) is 2.27. The van der Waals surface area contributed by atoms with Crippen molar-refractivity contribution in [2.75, 3.05) is 20.1 Å². The van der Waals surface area contributed by atoms with Crippen LogP contribution >= 0.6 is 0 Å². The molecule has 1 aromatic carbocycles. The number of rotatable bonds is 3. The molecule has 2 aliphatic rings. The quantitative estimate of drug-likeness (QED) is 0.927. The largest absolute Gasteiger partial charge is 0.490 e. The first kappa shape index (κ1) is 14.9. The smallest absolute Gasteiger partial charge is 0.119 e. The first-order valence-electron chi connectivity index (χ1n) is 8.40. The molecule has 0 radical (unpaired) electrons. The van der Waals surface area contributed by atoms with E-state index in [1.54, 1.807) is 0 Å². The van der Waals surface area contributed by atoms with Gasteiger partial charge >= 0.3 is 0 Å². The zero-order chi connectivity index (χ0) is 14.7. The summed E-state index contributed by atoms with van der Waals surface area (Å²) in [6.07, 6.45) is 8.68. The minimum atomic E-state index is -0.107. The highest BCUT2D eigenvalue weighted by molar-refractivity contribution is 5.32. The Bertz CT molecular complexity index is 443. The fraction of sp³-hybridized carbons (Fsp3) is 0.667. The second-order valence-corrected chi connectivity index (χ2v) is 6.86. The third-order valence-electron chi connectivity index (χ3n) is 5.14. The van der Waals surface area contributed by atoms with Crippen molar-refractivity contribution in [3.8, 4) is 5.75 Å². The van der Waals surface area contributed by atoms with Gasteiger partial charge in [-0.3, -0.25) is 0 Å². The molecular weight excluding hydrogens is 260 g/mol. The average Bonchev–Trinajstić information content (AvgIpc) is 2.51. The maximum absolute atomic E-state index is 6.58. The van der Waals surface area contributed by atoms with Gasteiger partial charge in [-0.15, -0.1) is 0 Å². The van der Waals surface area contributed by atoms with Crippen LogP contribution in [0.5, 0.6) is 5.75 Å². The van der Waals surface area contributed by atoms with Gasteiger partial charge < -0.3 is 15.4 Å². The summed E-state index contributed by atoms with van der Waals surface area (Å²) in [7, 11) is 2.18. The van der Waals surface area contributed by atoms with E-state index < -0.39 is 0 Å². The third-order valence-corrected chi connectivity index (χ3v) is 5.14. The second-order valence-electron chi connectivity index (χ2n) is 6.86. The molecule has 0 amide bonds. The number of nitrogens with zero attached hydrogens (tertiary/aromatic N) is 1. The minimum Gasteiger partial charge on any atom is -0.490 e. The Morgan fingerprint density at radius 1 is 1.05 bits per heavy atom. The lowest BCUT2D eigenvalue weighted by molar-refractivity contribution is 0.114. The number of hydrogen-bond acceptors (Lipinski definition) is 3. The summed E-state index contributed by atoms with van der Waals surface area (Å²) in [5.41, 5.74) is 7.75. The topological polar surface area (TPSA) is 38.5 Å². The minimum absolute atomic E-state index is 0.107. The van der Waals surface area contributed by atoms with Crippen LogP contribution in [0.4, 0.5) is 0 Å². The molecule has 116 valence electrons. The van der Waals surface area contributed by atoms with Crippen LogP contribution in [0.2, 0.25) is 0 Å². The van der Waals surface area contributed by atoms with E-state index in [2.05, 4.69) is 36.2 Å². The maximum Gasteiger partial charge on any atom is 0.119 e. The Kier molecular flexibility index (Phi) is 4.51. The molecule has 0 atom stereocenters. The van der Waals surface area contributed by atoms with Crippen molar-refractivity contribution in [1.82, 2.24) is 4.90 Å². The van der Waals surface area contributed by atoms with Crippen LogP contribution in [-0.4, -0.2) is 31.1 Å². The molecular formula is C18H28N2O. The van der Waals surface area contributed by atoms with E-state index in [0.717, 1.165) is 44.5 Å². The molecule has 21 heavy (non-hydrogen) atoms. The van der Waals surface area contributed by atoms with Gasteiger partial charge in [0.1, 0.15) is 11.9 Å². The molecule has 1 aliphatic carbocycles. The Morgan fingerprint density at radius 2 is 1.67 bits per heavy atom. The van der Waals surface area contributed by atoms with Crippen LogP contribution in [0, 0.1) is 0 Å². The number of benzene rings is 1. The number of ether oxygens (including phenoxy) is 1. The van der Waals surface area contributed by atoms with E-state index in [-0.39, 0.29) is 5.54 Å². The lowest BCUT2D eigenvalue weighted by Crippen LogP contribution is -2.38. The highest BCUT2D eigenvalue weighted by Gasteiger charge is 2.29. The second kappa shape index (κ2) is 6.37. The Hall–Kier alpha value is -1.06. The Labute approximate surface area is 128 Å². The standard InChI is InChI=1S/C18H28N2O/c1-20-13-9-17(10-14-20)21-16-7-5-15(6-8-16)18(19)11-3-2-4-12-18/h5-8,17H,2-4,9-14,19H2,1H3. The lowest BCUT2D eigenvalue weighted by Gasteiger charge is -2.34. The zero-order valence-corrected chi connectivity index (χ0v) is 13.2. The number of nitrogens with two attached hydrogens (primary N) is 1. The highest BCUT2D eigenvalue weighted by atomic mass is 16.5. The van der Waals surface area contributed by atoms with Crippen LogP contribution in [0.25, 0.3) is 0 Å². The molecule has 3 nitrogen and oxygen atoms in total. The molecule has 1 aliphatic heterocycles. The normalized spacial score (nSPS) is 23.9.